The van der Waals surface area contributed by atoms with E-state index in [4.69, 9.17) is 18.9 Å². The standard InChI is InChI=1S/C36H50O4S/c1-4-5-6-7-8-9-10-11-12-13-25-41-26-24-30-18-23-35(39-28-31-14-19-33(37-2)20-15-31)36(27-30)40-29-32-16-21-34(38-3)22-17-32/h14-23,27H,4-13,24-26,28-29H2,1-3H3. The predicted octanol–water partition coefficient (Wildman–Crippen LogP) is 10.1. The third-order valence-corrected chi connectivity index (χ3v) is 8.36. The third kappa shape index (κ3) is 13.2. The van der Waals surface area contributed by atoms with Crippen molar-refractivity contribution in [1.82, 2.24) is 0 Å². The summed E-state index contributed by atoms with van der Waals surface area (Å²) in [7, 11) is 3.36. The maximum atomic E-state index is 6.29. The lowest BCUT2D eigenvalue weighted by Crippen LogP contribution is -2.02. The molecular formula is C36H50O4S. The number of thioether (sulfide) groups is 1. The van der Waals surface area contributed by atoms with Crippen LogP contribution < -0.4 is 18.9 Å². The van der Waals surface area contributed by atoms with Crippen LogP contribution >= 0.6 is 11.8 Å². The van der Waals surface area contributed by atoms with Gasteiger partial charge in [0, 0.05) is 0 Å². The molecule has 5 heteroatoms. The minimum atomic E-state index is 0.469. The number of ether oxygens (including phenoxy) is 4. The Bertz CT molecular complexity index is 1080. The molecule has 0 N–H and O–H groups in total. The van der Waals surface area contributed by atoms with Gasteiger partial charge in [0.1, 0.15) is 24.7 Å². The molecule has 0 fully saturated rings. The van der Waals surface area contributed by atoms with Crippen molar-refractivity contribution < 1.29 is 18.9 Å². The van der Waals surface area contributed by atoms with Crippen molar-refractivity contribution >= 4 is 11.8 Å². The van der Waals surface area contributed by atoms with E-state index in [-0.39, 0.29) is 0 Å². The zero-order valence-corrected chi connectivity index (χ0v) is 26.3. The molecule has 3 rings (SSSR count). The van der Waals surface area contributed by atoms with Crippen LogP contribution in [0.4, 0.5) is 0 Å². The first-order valence-electron chi connectivity index (χ1n) is 15.4. The predicted molar refractivity (Wildman–Crippen MR) is 174 cm³/mol. The number of rotatable bonds is 22. The van der Waals surface area contributed by atoms with Gasteiger partial charge < -0.3 is 18.9 Å². The Morgan fingerprint density at radius 3 is 1.54 bits per heavy atom. The number of methoxy groups -OCH3 is 2. The van der Waals surface area contributed by atoms with Crippen LogP contribution in [0.2, 0.25) is 0 Å². The number of aryl methyl sites for hydroxylation is 1. The molecule has 0 bridgehead atoms. The Balaban J connectivity index is 1.44. The monoisotopic (exact) mass is 578 g/mol. The van der Waals surface area contributed by atoms with Crippen molar-refractivity contribution in [2.24, 2.45) is 0 Å². The molecular weight excluding hydrogens is 528 g/mol. The van der Waals surface area contributed by atoms with Gasteiger partial charge in [-0.15, -0.1) is 0 Å². The van der Waals surface area contributed by atoms with Crippen LogP contribution in [0.5, 0.6) is 23.0 Å². The summed E-state index contributed by atoms with van der Waals surface area (Å²) in [6.45, 7) is 3.23. The highest BCUT2D eigenvalue weighted by Gasteiger charge is 2.09. The molecule has 0 aliphatic rings. The van der Waals surface area contributed by atoms with Gasteiger partial charge in [0.2, 0.25) is 0 Å². The fraction of sp³-hybridized carbons (Fsp3) is 0.500. The highest BCUT2D eigenvalue weighted by Crippen LogP contribution is 2.31. The molecule has 41 heavy (non-hydrogen) atoms. The quantitative estimate of drug-likeness (QED) is 0.111. The van der Waals surface area contributed by atoms with Crippen LogP contribution in [0.15, 0.2) is 66.7 Å². The van der Waals surface area contributed by atoms with Crippen LogP contribution in [-0.4, -0.2) is 25.7 Å². The second-order valence-corrected chi connectivity index (χ2v) is 11.8. The van der Waals surface area contributed by atoms with Gasteiger partial charge in [-0.25, -0.2) is 0 Å². The first kappa shape index (κ1) is 32.7. The van der Waals surface area contributed by atoms with Crippen molar-refractivity contribution in [3.8, 4) is 23.0 Å². The molecule has 0 aliphatic heterocycles. The Labute approximate surface area is 253 Å². The van der Waals surface area contributed by atoms with Crippen molar-refractivity contribution in [2.45, 2.75) is 90.8 Å². The highest BCUT2D eigenvalue weighted by molar-refractivity contribution is 7.99. The molecule has 0 heterocycles. The van der Waals surface area contributed by atoms with E-state index in [0.29, 0.717) is 13.2 Å². The number of hydrogen-bond donors (Lipinski definition) is 0. The van der Waals surface area contributed by atoms with E-state index >= 15 is 0 Å². The zero-order valence-electron chi connectivity index (χ0n) is 25.5. The Kier molecular flexibility index (Phi) is 16.1. The molecule has 3 aromatic carbocycles. The van der Waals surface area contributed by atoms with Gasteiger partial charge in [-0.2, -0.15) is 11.8 Å². The lowest BCUT2D eigenvalue weighted by molar-refractivity contribution is 0.255. The summed E-state index contributed by atoms with van der Waals surface area (Å²) in [5, 5.41) is 0. The Morgan fingerprint density at radius 1 is 0.512 bits per heavy atom. The summed E-state index contributed by atoms with van der Waals surface area (Å²) < 4.78 is 23.0. The van der Waals surface area contributed by atoms with E-state index in [2.05, 4.69) is 36.9 Å². The molecule has 0 saturated carbocycles. The van der Waals surface area contributed by atoms with Crippen molar-refractivity contribution in [3.63, 3.8) is 0 Å². The van der Waals surface area contributed by atoms with E-state index < -0.39 is 0 Å². The van der Waals surface area contributed by atoms with Gasteiger partial charge in [-0.1, -0.05) is 95.0 Å². The fourth-order valence-corrected chi connectivity index (χ4v) is 5.68. The fourth-order valence-electron chi connectivity index (χ4n) is 4.69. The average molecular weight is 579 g/mol. The first-order chi connectivity index (χ1) is 20.2. The Morgan fingerprint density at radius 2 is 1.00 bits per heavy atom. The lowest BCUT2D eigenvalue weighted by atomic mass is 10.1. The summed E-state index contributed by atoms with van der Waals surface area (Å²) in [5.74, 6) is 5.60. The molecule has 0 aliphatic carbocycles. The minimum absolute atomic E-state index is 0.469. The Hall–Kier alpha value is -2.79. The van der Waals surface area contributed by atoms with Gasteiger partial charge in [0.25, 0.3) is 0 Å². The smallest absolute Gasteiger partial charge is 0.161 e. The second-order valence-electron chi connectivity index (χ2n) is 10.6. The number of unbranched alkanes of at least 4 members (excludes halogenated alkanes) is 9. The van der Waals surface area contributed by atoms with E-state index in [1.165, 1.54) is 75.5 Å². The minimum Gasteiger partial charge on any atom is -0.497 e. The normalized spacial score (nSPS) is 10.9. The molecule has 0 amide bonds. The van der Waals surface area contributed by atoms with Gasteiger partial charge in [-0.3, -0.25) is 0 Å². The van der Waals surface area contributed by atoms with E-state index in [0.717, 1.165) is 46.3 Å². The summed E-state index contributed by atoms with van der Waals surface area (Å²) in [4.78, 5) is 0. The topological polar surface area (TPSA) is 36.9 Å². The van der Waals surface area contributed by atoms with Crippen molar-refractivity contribution in [1.29, 1.82) is 0 Å². The molecule has 4 nitrogen and oxygen atoms in total. The van der Waals surface area contributed by atoms with Crippen LogP contribution in [0.3, 0.4) is 0 Å². The van der Waals surface area contributed by atoms with E-state index in [1.54, 1.807) is 14.2 Å². The van der Waals surface area contributed by atoms with Crippen molar-refractivity contribution in [2.75, 3.05) is 25.7 Å². The summed E-state index contributed by atoms with van der Waals surface area (Å²) >= 11 is 2.07. The van der Waals surface area contributed by atoms with Gasteiger partial charge >= 0.3 is 0 Å². The van der Waals surface area contributed by atoms with Crippen LogP contribution in [0.25, 0.3) is 0 Å². The third-order valence-electron chi connectivity index (χ3n) is 7.29. The average Bonchev–Trinajstić information content (AvgIpc) is 3.02. The molecule has 0 atom stereocenters. The van der Waals surface area contributed by atoms with Gasteiger partial charge in [0.05, 0.1) is 14.2 Å². The summed E-state index contributed by atoms with van der Waals surface area (Å²) in [6, 6.07) is 22.3. The van der Waals surface area contributed by atoms with Gasteiger partial charge in [-0.05, 0) is 77.4 Å². The van der Waals surface area contributed by atoms with E-state index in [1.807, 2.05) is 48.5 Å². The molecule has 3 aromatic rings. The maximum absolute atomic E-state index is 6.29. The molecule has 0 saturated heterocycles. The number of benzene rings is 3. The maximum Gasteiger partial charge on any atom is 0.161 e. The van der Waals surface area contributed by atoms with E-state index in [9.17, 15) is 0 Å². The lowest BCUT2D eigenvalue weighted by Gasteiger charge is -2.15. The summed E-state index contributed by atoms with van der Waals surface area (Å²) in [5.41, 5.74) is 3.45. The first-order valence-corrected chi connectivity index (χ1v) is 16.6. The van der Waals surface area contributed by atoms with Crippen LogP contribution in [0, 0.1) is 0 Å². The molecule has 0 aromatic heterocycles. The molecule has 0 radical (unpaired) electrons. The van der Waals surface area contributed by atoms with Gasteiger partial charge in [0.15, 0.2) is 11.5 Å². The van der Waals surface area contributed by atoms with Crippen LogP contribution in [-0.2, 0) is 19.6 Å². The highest BCUT2D eigenvalue weighted by atomic mass is 32.2. The molecule has 0 unspecified atom stereocenters. The van der Waals surface area contributed by atoms with Crippen LogP contribution in [0.1, 0.15) is 87.8 Å². The zero-order chi connectivity index (χ0) is 29.0. The van der Waals surface area contributed by atoms with Crippen molar-refractivity contribution in [3.05, 3.63) is 83.4 Å². The molecule has 224 valence electrons. The SMILES string of the molecule is CCCCCCCCCCCCSCCc1ccc(OCc2ccc(OC)cc2)c(OCc2ccc(OC)cc2)c1. The second kappa shape index (κ2) is 20.1. The largest absolute Gasteiger partial charge is 0.497 e. The molecule has 0 spiro atoms. The summed E-state index contributed by atoms with van der Waals surface area (Å²) in [6.07, 6.45) is 14.9. The number of hydrogen-bond acceptors (Lipinski definition) is 5.